The maximum absolute atomic E-state index is 12.1. The summed E-state index contributed by atoms with van der Waals surface area (Å²) in [6.07, 6.45) is 0.754. The molecule has 1 aromatic rings. The molecule has 6 heteroatoms. The van der Waals surface area contributed by atoms with Gasteiger partial charge >= 0.3 is 0 Å². The first-order valence-corrected chi connectivity index (χ1v) is 7.13. The van der Waals surface area contributed by atoms with Crippen molar-refractivity contribution >= 4 is 21.4 Å². The monoisotopic (exact) mass is 246 g/mol. The highest BCUT2D eigenvalue weighted by molar-refractivity contribution is 7.91. The molecule has 2 heterocycles. The van der Waals surface area contributed by atoms with E-state index in [2.05, 4.69) is 0 Å². The minimum absolute atomic E-state index is 0.0138. The van der Waals surface area contributed by atoms with Crippen molar-refractivity contribution in [1.29, 1.82) is 0 Å². The van der Waals surface area contributed by atoms with Gasteiger partial charge in [-0.15, -0.1) is 11.3 Å². The van der Waals surface area contributed by atoms with Gasteiger partial charge in [-0.25, -0.2) is 8.42 Å². The third-order valence-electron chi connectivity index (χ3n) is 2.58. The standard InChI is InChI=1S/C9H14N2O2S2/c1-7-3-5-14-9(7)15(12,13)11-4-2-8(10)6-11/h3,5,8H,2,4,6,10H2,1H3/t8-/m1/s1. The topological polar surface area (TPSA) is 63.4 Å². The molecule has 4 nitrogen and oxygen atoms in total. The Bertz CT molecular complexity index is 452. The van der Waals surface area contributed by atoms with Crippen LogP contribution in [0.15, 0.2) is 15.7 Å². The number of hydrogen-bond acceptors (Lipinski definition) is 4. The van der Waals surface area contributed by atoms with Crippen molar-refractivity contribution in [3.8, 4) is 0 Å². The molecule has 0 bridgehead atoms. The summed E-state index contributed by atoms with van der Waals surface area (Å²) in [6.45, 7) is 2.81. The third kappa shape index (κ3) is 1.94. The first-order valence-electron chi connectivity index (χ1n) is 4.81. The van der Waals surface area contributed by atoms with Crippen LogP contribution in [0.4, 0.5) is 0 Å². The Balaban J connectivity index is 2.32. The Hall–Kier alpha value is -0.430. The van der Waals surface area contributed by atoms with Gasteiger partial charge in [0.25, 0.3) is 10.0 Å². The summed E-state index contributed by atoms with van der Waals surface area (Å²) in [5.41, 5.74) is 6.53. The molecular formula is C9H14N2O2S2. The lowest BCUT2D eigenvalue weighted by Crippen LogP contribution is -2.31. The van der Waals surface area contributed by atoms with Crippen LogP contribution in [0.25, 0.3) is 0 Å². The van der Waals surface area contributed by atoms with Gasteiger partial charge in [-0.2, -0.15) is 4.31 Å². The lowest BCUT2D eigenvalue weighted by molar-refractivity contribution is 0.474. The second kappa shape index (κ2) is 3.86. The third-order valence-corrected chi connectivity index (χ3v) is 6.11. The molecule has 0 spiro atoms. The zero-order valence-corrected chi connectivity index (χ0v) is 10.1. The van der Waals surface area contributed by atoms with Gasteiger partial charge < -0.3 is 5.73 Å². The summed E-state index contributed by atoms with van der Waals surface area (Å²) in [7, 11) is -3.29. The number of nitrogens with two attached hydrogens (primary N) is 1. The van der Waals surface area contributed by atoms with Crippen molar-refractivity contribution < 1.29 is 8.42 Å². The summed E-state index contributed by atoms with van der Waals surface area (Å²) >= 11 is 1.27. The molecule has 1 atom stereocenters. The van der Waals surface area contributed by atoms with Crippen LogP contribution >= 0.6 is 11.3 Å². The lowest BCUT2D eigenvalue weighted by Gasteiger charge is -2.15. The molecule has 1 saturated heterocycles. The zero-order valence-electron chi connectivity index (χ0n) is 8.51. The summed E-state index contributed by atoms with van der Waals surface area (Å²) in [5, 5.41) is 1.80. The van der Waals surface area contributed by atoms with E-state index >= 15 is 0 Å². The quantitative estimate of drug-likeness (QED) is 0.838. The van der Waals surface area contributed by atoms with Gasteiger partial charge in [0.05, 0.1) is 0 Å². The van der Waals surface area contributed by atoms with Crippen molar-refractivity contribution in [1.82, 2.24) is 4.31 Å². The Labute approximate surface area is 93.8 Å². The maximum atomic E-state index is 12.1. The molecule has 1 fully saturated rings. The number of thiophene rings is 1. The van der Waals surface area contributed by atoms with Crippen LogP contribution in [0.3, 0.4) is 0 Å². The van der Waals surface area contributed by atoms with E-state index in [0.29, 0.717) is 17.3 Å². The Morgan fingerprint density at radius 1 is 1.60 bits per heavy atom. The van der Waals surface area contributed by atoms with Crippen molar-refractivity contribution in [2.24, 2.45) is 5.73 Å². The van der Waals surface area contributed by atoms with Crippen molar-refractivity contribution in [2.45, 2.75) is 23.6 Å². The minimum atomic E-state index is -3.29. The molecular weight excluding hydrogens is 232 g/mol. The molecule has 1 aliphatic heterocycles. The Morgan fingerprint density at radius 2 is 2.33 bits per heavy atom. The lowest BCUT2D eigenvalue weighted by atomic mass is 10.3. The zero-order chi connectivity index (χ0) is 11.1. The first kappa shape index (κ1) is 11.1. The molecule has 0 aliphatic carbocycles. The van der Waals surface area contributed by atoms with Gasteiger partial charge in [0.1, 0.15) is 4.21 Å². The van der Waals surface area contributed by atoms with E-state index in [1.54, 1.807) is 5.38 Å². The normalized spacial score (nSPS) is 23.5. The molecule has 2 rings (SSSR count). The average Bonchev–Trinajstić information content (AvgIpc) is 2.74. The van der Waals surface area contributed by atoms with Gasteiger partial charge in [0.2, 0.25) is 0 Å². The van der Waals surface area contributed by atoms with Gasteiger partial charge in [0.15, 0.2) is 0 Å². The number of rotatable bonds is 2. The molecule has 1 aliphatic rings. The highest BCUT2D eigenvalue weighted by Crippen LogP contribution is 2.27. The van der Waals surface area contributed by atoms with E-state index in [-0.39, 0.29) is 6.04 Å². The molecule has 2 N–H and O–H groups in total. The van der Waals surface area contributed by atoms with Gasteiger partial charge in [-0.3, -0.25) is 0 Å². The largest absolute Gasteiger partial charge is 0.326 e. The fourth-order valence-electron chi connectivity index (χ4n) is 1.71. The molecule has 0 radical (unpaired) electrons. The maximum Gasteiger partial charge on any atom is 0.252 e. The van der Waals surface area contributed by atoms with Crippen molar-refractivity contribution in [3.63, 3.8) is 0 Å². The van der Waals surface area contributed by atoms with Crippen LogP contribution in [-0.2, 0) is 10.0 Å². The first-order chi connectivity index (χ1) is 7.01. The fourth-order valence-corrected chi connectivity index (χ4v) is 4.77. The van der Waals surface area contributed by atoms with E-state index in [0.717, 1.165) is 12.0 Å². The van der Waals surface area contributed by atoms with Crippen LogP contribution in [-0.4, -0.2) is 31.9 Å². The molecule has 84 valence electrons. The summed E-state index contributed by atoms with van der Waals surface area (Å²) in [5.74, 6) is 0. The van der Waals surface area contributed by atoms with Gasteiger partial charge in [-0.1, -0.05) is 0 Å². The van der Waals surface area contributed by atoms with Gasteiger partial charge in [-0.05, 0) is 30.4 Å². The predicted molar refractivity (Wildman–Crippen MR) is 60.4 cm³/mol. The number of aryl methyl sites for hydroxylation is 1. The SMILES string of the molecule is Cc1ccsc1S(=O)(=O)N1CC[C@@H](N)C1. The fraction of sp³-hybridized carbons (Fsp3) is 0.556. The summed E-state index contributed by atoms with van der Waals surface area (Å²) in [4.78, 5) is 0. The molecule has 0 saturated carbocycles. The number of hydrogen-bond donors (Lipinski definition) is 1. The van der Waals surface area contributed by atoms with Crippen LogP contribution in [0.2, 0.25) is 0 Å². The van der Waals surface area contributed by atoms with E-state index in [4.69, 9.17) is 5.73 Å². The molecule has 0 aromatic carbocycles. The molecule has 15 heavy (non-hydrogen) atoms. The highest BCUT2D eigenvalue weighted by Gasteiger charge is 2.32. The summed E-state index contributed by atoms with van der Waals surface area (Å²) in [6, 6.07) is 1.81. The van der Waals surface area contributed by atoms with Crippen LogP contribution in [0.1, 0.15) is 12.0 Å². The van der Waals surface area contributed by atoms with Crippen LogP contribution in [0.5, 0.6) is 0 Å². The second-order valence-corrected chi connectivity index (χ2v) is 6.85. The molecule has 1 aromatic heterocycles. The number of sulfonamides is 1. The van der Waals surface area contributed by atoms with E-state index in [1.807, 2.05) is 13.0 Å². The van der Waals surface area contributed by atoms with Crippen LogP contribution in [0, 0.1) is 6.92 Å². The van der Waals surface area contributed by atoms with Gasteiger partial charge in [0, 0.05) is 19.1 Å². The summed E-state index contributed by atoms with van der Waals surface area (Å²) < 4.78 is 26.2. The minimum Gasteiger partial charge on any atom is -0.326 e. The Morgan fingerprint density at radius 3 is 2.80 bits per heavy atom. The van der Waals surface area contributed by atoms with E-state index in [1.165, 1.54) is 15.6 Å². The van der Waals surface area contributed by atoms with Crippen molar-refractivity contribution in [2.75, 3.05) is 13.1 Å². The smallest absolute Gasteiger partial charge is 0.252 e. The van der Waals surface area contributed by atoms with Crippen LogP contribution < -0.4 is 5.73 Å². The van der Waals surface area contributed by atoms with E-state index < -0.39 is 10.0 Å². The van der Waals surface area contributed by atoms with E-state index in [9.17, 15) is 8.42 Å². The second-order valence-electron chi connectivity index (χ2n) is 3.80. The predicted octanol–water partition coefficient (Wildman–Crippen LogP) is 0.778. The average molecular weight is 246 g/mol. The molecule has 0 amide bonds. The van der Waals surface area contributed by atoms with Crippen molar-refractivity contribution in [3.05, 3.63) is 17.0 Å². The highest BCUT2D eigenvalue weighted by atomic mass is 32.2. The molecule has 0 unspecified atom stereocenters. The Kier molecular flexibility index (Phi) is 2.85. The number of nitrogens with zero attached hydrogens (tertiary/aromatic N) is 1.